The second kappa shape index (κ2) is 10.1. The molecule has 150 valence electrons. The quantitative estimate of drug-likeness (QED) is 0.566. The van der Waals surface area contributed by atoms with Crippen LogP contribution in [0.15, 0.2) is 61.2 Å². The molecule has 0 radical (unpaired) electrons. The number of nitrogens with one attached hydrogen (secondary N) is 1. The van der Waals surface area contributed by atoms with Gasteiger partial charge in [-0.1, -0.05) is 30.3 Å². The zero-order valence-corrected chi connectivity index (χ0v) is 16.5. The molecule has 1 aromatic heterocycles. The Bertz CT molecular complexity index is 951. The van der Waals surface area contributed by atoms with E-state index in [0.29, 0.717) is 31.2 Å². The zero-order chi connectivity index (χ0) is 20.5. The first-order valence-electron chi connectivity index (χ1n) is 9.35. The van der Waals surface area contributed by atoms with E-state index in [9.17, 15) is 4.79 Å². The van der Waals surface area contributed by atoms with Crippen molar-refractivity contribution in [3.05, 3.63) is 77.9 Å². The highest BCUT2D eigenvalue weighted by Crippen LogP contribution is 2.28. The molecule has 1 N–H and O–H groups in total. The van der Waals surface area contributed by atoms with E-state index < -0.39 is 0 Å². The minimum Gasteiger partial charge on any atom is -0.493 e. The van der Waals surface area contributed by atoms with E-state index in [0.717, 1.165) is 16.7 Å². The van der Waals surface area contributed by atoms with Crippen LogP contribution in [0.3, 0.4) is 0 Å². The van der Waals surface area contributed by atoms with E-state index >= 15 is 0 Å². The van der Waals surface area contributed by atoms with Crippen molar-refractivity contribution in [1.29, 1.82) is 0 Å². The second-order valence-corrected chi connectivity index (χ2v) is 6.30. The van der Waals surface area contributed by atoms with Gasteiger partial charge in [-0.3, -0.25) is 4.79 Å². The molecule has 0 saturated carbocycles. The number of carbonyl (C=O) groups is 1. The molecule has 7 nitrogen and oxygen atoms in total. The van der Waals surface area contributed by atoms with Gasteiger partial charge in [-0.25, -0.2) is 9.67 Å². The van der Waals surface area contributed by atoms with Gasteiger partial charge >= 0.3 is 0 Å². The van der Waals surface area contributed by atoms with Crippen molar-refractivity contribution in [3.8, 4) is 11.5 Å². The predicted molar refractivity (Wildman–Crippen MR) is 111 cm³/mol. The van der Waals surface area contributed by atoms with Gasteiger partial charge in [0.15, 0.2) is 11.5 Å². The Balaban J connectivity index is 1.51. The first kappa shape index (κ1) is 20.1. The van der Waals surface area contributed by atoms with Crippen molar-refractivity contribution < 1.29 is 14.3 Å². The first-order valence-corrected chi connectivity index (χ1v) is 9.35. The predicted octanol–water partition coefficient (Wildman–Crippen LogP) is 3.06. The van der Waals surface area contributed by atoms with E-state index in [1.165, 1.54) is 12.4 Å². The summed E-state index contributed by atoms with van der Waals surface area (Å²) >= 11 is 0. The number of hydrogen-bond donors (Lipinski definition) is 1. The van der Waals surface area contributed by atoms with Crippen LogP contribution in [-0.4, -0.2) is 34.4 Å². The van der Waals surface area contributed by atoms with Crippen LogP contribution in [0.25, 0.3) is 6.08 Å². The number of amides is 1. The lowest BCUT2D eigenvalue weighted by atomic mass is 10.1. The fourth-order valence-corrected chi connectivity index (χ4v) is 2.75. The Morgan fingerprint density at radius 1 is 1.14 bits per heavy atom. The van der Waals surface area contributed by atoms with Crippen LogP contribution in [0, 0.1) is 0 Å². The summed E-state index contributed by atoms with van der Waals surface area (Å²) in [6.45, 7) is 3.61. The van der Waals surface area contributed by atoms with Gasteiger partial charge in [0.2, 0.25) is 5.91 Å². The lowest BCUT2D eigenvalue weighted by Crippen LogP contribution is -2.20. The summed E-state index contributed by atoms with van der Waals surface area (Å²) in [5.41, 5.74) is 3.00. The highest BCUT2D eigenvalue weighted by molar-refractivity contribution is 5.91. The Morgan fingerprint density at radius 2 is 1.93 bits per heavy atom. The molecule has 0 atom stereocenters. The van der Waals surface area contributed by atoms with Gasteiger partial charge in [-0.15, -0.1) is 0 Å². The van der Waals surface area contributed by atoms with Crippen molar-refractivity contribution in [2.75, 3.05) is 13.7 Å². The maximum Gasteiger partial charge on any atom is 0.244 e. The number of hydrogen-bond acceptors (Lipinski definition) is 5. The molecule has 0 aliphatic carbocycles. The van der Waals surface area contributed by atoms with E-state index in [1.807, 2.05) is 49.4 Å². The molecule has 7 heteroatoms. The van der Waals surface area contributed by atoms with Crippen molar-refractivity contribution in [1.82, 2.24) is 20.1 Å². The minimum atomic E-state index is -0.162. The fraction of sp³-hybridized carbons (Fsp3) is 0.227. The van der Waals surface area contributed by atoms with Crippen molar-refractivity contribution in [2.24, 2.45) is 0 Å². The summed E-state index contributed by atoms with van der Waals surface area (Å²) in [5, 5.41) is 6.98. The van der Waals surface area contributed by atoms with Crippen LogP contribution in [0.2, 0.25) is 0 Å². The molecule has 0 bridgehead atoms. The number of nitrogens with zero attached hydrogens (tertiary/aromatic N) is 3. The van der Waals surface area contributed by atoms with Gasteiger partial charge in [0.25, 0.3) is 0 Å². The smallest absolute Gasteiger partial charge is 0.244 e. The van der Waals surface area contributed by atoms with Gasteiger partial charge in [0.1, 0.15) is 12.7 Å². The summed E-state index contributed by atoms with van der Waals surface area (Å²) in [4.78, 5) is 16.1. The molecule has 1 amide bonds. The van der Waals surface area contributed by atoms with Gasteiger partial charge in [0, 0.05) is 12.6 Å². The number of methoxy groups -OCH3 is 1. The summed E-state index contributed by atoms with van der Waals surface area (Å²) in [7, 11) is 1.59. The lowest BCUT2D eigenvalue weighted by Gasteiger charge is -2.09. The van der Waals surface area contributed by atoms with Crippen LogP contribution in [-0.2, 0) is 17.9 Å². The Morgan fingerprint density at radius 3 is 2.62 bits per heavy atom. The molecule has 0 aliphatic heterocycles. The normalized spacial score (nSPS) is 10.8. The lowest BCUT2D eigenvalue weighted by molar-refractivity contribution is -0.116. The van der Waals surface area contributed by atoms with Crippen LogP contribution >= 0.6 is 0 Å². The highest BCUT2D eigenvalue weighted by Gasteiger charge is 2.04. The fourth-order valence-electron chi connectivity index (χ4n) is 2.75. The molecule has 3 rings (SSSR count). The molecule has 3 aromatic rings. The SMILES string of the molecule is CCOc1ccc(/C=C/C(=O)NCc2ccc(Cn3cncn3)cc2)cc1OC. The molecule has 0 saturated heterocycles. The Hall–Kier alpha value is -3.61. The van der Waals surface area contributed by atoms with Gasteiger partial charge in [0.05, 0.1) is 20.3 Å². The molecule has 29 heavy (non-hydrogen) atoms. The molecule has 1 heterocycles. The van der Waals surface area contributed by atoms with Crippen molar-refractivity contribution in [3.63, 3.8) is 0 Å². The van der Waals surface area contributed by atoms with Crippen LogP contribution in [0.4, 0.5) is 0 Å². The molecule has 0 aliphatic rings. The standard InChI is InChI=1S/C22H24N4O3/c1-3-29-20-10-8-17(12-21(20)28-2)9-11-22(27)24-13-18-4-6-19(7-5-18)14-26-16-23-15-25-26/h4-12,15-16H,3,13-14H2,1-2H3,(H,24,27)/b11-9+. The molecule has 0 spiro atoms. The maximum atomic E-state index is 12.1. The van der Waals surface area contributed by atoms with Crippen LogP contribution in [0.1, 0.15) is 23.6 Å². The molecule has 2 aromatic carbocycles. The van der Waals surface area contributed by atoms with E-state index in [2.05, 4.69) is 15.4 Å². The average molecular weight is 392 g/mol. The first-order chi connectivity index (χ1) is 14.2. The van der Waals surface area contributed by atoms with E-state index in [4.69, 9.17) is 9.47 Å². The van der Waals surface area contributed by atoms with Crippen LogP contribution < -0.4 is 14.8 Å². The van der Waals surface area contributed by atoms with Crippen molar-refractivity contribution in [2.45, 2.75) is 20.0 Å². The summed E-state index contributed by atoms with van der Waals surface area (Å²) in [6, 6.07) is 13.6. The zero-order valence-electron chi connectivity index (χ0n) is 16.5. The summed E-state index contributed by atoms with van der Waals surface area (Å²) in [5.74, 6) is 1.16. The van der Waals surface area contributed by atoms with Gasteiger partial charge < -0.3 is 14.8 Å². The van der Waals surface area contributed by atoms with E-state index in [1.54, 1.807) is 24.2 Å². The Labute approximate surface area is 170 Å². The molecular formula is C22H24N4O3. The summed E-state index contributed by atoms with van der Waals surface area (Å²) in [6.07, 6.45) is 6.45. The van der Waals surface area contributed by atoms with Crippen LogP contribution in [0.5, 0.6) is 11.5 Å². The number of rotatable bonds is 9. The number of carbonyl (C=O) groups excluding carboxylic acids is 1. The van der Waals surface area contributed by atoms with E-state index in [-0.39, 0.29) is 5.91 Å². The Kier molecular flexibility index (Phi) is 7.00. The van der Waals surface area contributed by atoms with Gasteiger partial charge in [-0.05, 0) is 41.8 Å². The number of aromatic nitrogens is 3. The molecule has 0 fully saturated rings. The molecule has 0 unspecified atom stereocenters. The molecular weight excluding hydrogens is 368 g/mol. The minimum absolute atomic E-state index is 0.162. The average Bonchev–Trinajstić information content (AvgIpc) is 3.25. The van der Waals surface area contributed by atoms with Gasteiger partial charge in [-0.2, -0.15) is 5.10 Å². The topological polar surface area (TPSA) is 78.3 Å². The third kappa shape index (κ3) is 5.93. The number of benzene rings is 2. The summed E-state index contributed by atoms with van der Waals surface area (Å²) < 4.78 is 12.6. The number of ether oxygens (including phenoxy) is 2. The second-order valence-electron chi connectivity index (χ2n) is 6.30. The maximum absolute atomic E-state index is 12.1. The third-order valence-electron chi connectivity index (χ3n) is 4.22. The monoisotopic (exact) mass is 392 g/mol. The highest BCUT2D eigenvalue weighted by atomic mass is 16.5. The van der Waals surface area contributed by atoms with Crippen molar-refractivity contribution >= 4 is 12.0 Å². The largest absolute Gasteiger partial charge is 0.493 e. The third-order valence-corrected chi connectivity index (χ3v) is 4.22.